The van der Waals surface area contributed by atoms with Crippen LogP contribution in [0.1, 0.15) is 33.1 Å². The minimum Gasteiger partial charge on any atom is -0.377 e. The Bertz CT molecular complexity index is 155. The molecule has 1 atom stereocenters. The van der Waals surface area contributed by atoms with Gasteiger partial charge in [-0.1, -0.05) is 13.8 Å². The molecule has 0 aromatic heterocycles. The summed E-state index contributed by atoms with van der Waals surface area (Å²) >= 11 is 5.74. The largest absolute Gasteiger partial charge is 0.377 e. The van der Waals surface area contributed by atoms with Gasteiger partial charge in [0.1, 0.15) is 0 Å². The predicted molar refractivity (Wildman–Crippen MR) is 61.0 cm³/mol. The molecule has 1 heterocycles. The molecular formula is C11H22ClNO. The van der Waals surface area contributed by atoms with E-state index in [9.17, 15) is 0 Å². The molecule has 1 fully saturated rings. The Labute approximate surface area is 92.3 Å². The van der Waals surface area contributed by atoms with Crippen molar-refractivity contribution in [1.82, 2.24) is 5.32 Å². The van der Waals surface area contributed by atoms with Gasteiger partial charge in [-0.05, 0) is 24.7 Å². The lowest BCUT2D eigenvalue weighted by Crippen LogP contribution is -2.34. The molecule has 1 N–H and O–H groups in total. The first-order chi connectivity index (χ1) is 6.64. The fourth-order valence-electron chi connectivity index (χ4n) is 1.72. The quantitative estimate of drug-likeness (QED) is 0.693. The van der Waals surface area contributed by atoms with Gasteiger partial charge in [-0.25, -0.2) is 0 Å². The molecule has 2 nitrogen and oxygen atoms in total. The number of ether oxygens (including phenoxy) is 1. The van der Waals surface area contributed by atoms with Crippen LogP contribution in [0.25, 0.3) is 0 Å². The Kier molecular flexibility index (Phi) is 5.21. The maximum Gasteiger partial charge on any atom is 0.0700 e. The van der Waals surface area contributed by atoms with Crippen molar-refractivity contribution < 1.29 is 4.74 Å². The average Bonchev–Trinajstić information content (AvgIpc) is 2.56. The van der Waals surface area contributed by atoms with Crippen LogP contribution >= 0.6 is 11.6 Å². The van der Waals surface area contributed by atoms with Crippen LogP contribution in [-0.4, -0.2) is 31.7 Å². The molecule has 0 aliphatic carbocycles. The van der Waals surface area contributed by atoms with Crippen LogP contribution in [0.2, 0.25) is 0 Å². The molecular weight excluding hydrogens is 198 g/mol. The van der Waals surface area contributed by atoms with Crippen LogP contribution in [0, 0.1) is 5.41 Å². The van der Waals surface area contributed by atoms with E-state index in [2.05, 4.69) is 19.2 Å². The summed E-state index contributed by atoms with van der Waals surface area (Å²) in [4.78, 5) is 0. The molecule has 3 heteroatoms. The van der Waals surface area contributed by atoms with Crippen LogP contribution in [-0.2, 0) is 4.74 Å². The molecule has 0 amide bonds. The van der Waals surface area contributed by atoms with E-state index in [4.69, 9.17) is 16.3 Å². The van der Waals surface area contributed by atoms with Gasteiger partial charge in [-0.2, -0.15) is 0 Å². The molecule has 1 rings (SSSR count). The zero-order valence-corrected chi connectivity index (χ0v) is 10.1. The van der Waals surface area contributed by atoms with Gasteiger partial charge in [0.05, 0.1) is 6.10 Å². The highest BCUT2D eigenvalue weighted by Gasteiger charge is 2.19. The van der Waals surface area contributed by atoms with Gasteiger partial charge in [-0.3, -0.25) is 0 Å². The summed E-state index contributed by atoms with van der Waals surface area (Å²) in [6.45, 7) is 7.46. The molecule has 0 radical (unpaired) electrons. The SMILES string of the molecule is CC(C)(CCCl)CNCC1CCCO1. The van der Waals surface area contributed by atoms with Gasteiger partial charge in [0.15, 0.2) is 0 Å². The fraction of sp³-hybridized carbons (Fsp3) is 1.00. The minimum absolute atomic E-state index is 0.306. The third kappa shape index (κ3) is 4.63. The molecule has 14 heavy (non-hydrogen) atoms. The highest BCUT2D eigenvalue weighted by atomic mass is 35.5. The number of hydrogen-bond acceptors (Lipinski definition) is 2. The van der Waals surface area contributed by atoms with Crippen molar-refractivity contribution in [2.75, 3.05) is 25.6 Å². The molecule has 1 saturated heterocycles. The molecule has 0 aromatic rings. The first-order valence-electron chi connectivity index (χ1n) is 5.52. The molecule has 1 aliphatic rings. The third-order valence-corrected chi connectivity index (χ3v) is 2.96. The summed E-state index contributed by atoms with van der Waals surface area (Å²) in [5.74, 6) is 0.745. The molecule has 1 unspecified atom stereocenters. The number of nitrogens with one attached hydrogen (secondary N) is 1. The van der Waals surface area contributed by atoms with Crippen LogP contribution in [0.5, 0.6) is 0 Å². The summed E-state index contributed by atoms with van der Waals surface area (Å²) < 4.78 is 5.54. The topological polar surface area (TPSA) is 21.3 Å². The summed E-state index contributed by atoms with van der Waals surface area (Å²) in [5.41, 5.74) is 0.306. The smallest absolute Gasteiger partial charge is 0.0700 e. The molecule has 84 valence electrons. The first-order valence-corrected chi connectivity index (χ1v) is 6.06. The standard InChI is InChI=1S/C11H22ClNO/c1-11(2,5-6-12)9-13-8-10-4-3-7-14-10/h10,13H,3-9H2,1-2H3. The Balaban J connectivity index is 2.07. The van der Waals surface area contributed by atoms with Gasteiger partial charge in [0.25, 0.3) is 0 Å². The molecule has 0 bridgehead atoms. The second-order valence-corrected chi connectivity index (χ2v) is 5.25. The second kappa shape index (κ2) is 5.94. The Morgan fingerprint density at radius 2 is 2.29 bits per heavy atom. The third-order valence-electron chi connectivity index (χ3n) is 2.77. The van der Waals surface area contributed by atoms with Gasteiger partial charge < -0.3 is 10.1 Å². The van der Waals surface area contributed by atoms with Crippen LogP contribution in [0.4, 0.5) is 0 Å². The molecule has 0 saturated carbocycles. The maximum absolute atomic E-state index is 5.74. The van der Waals surface area contributed by atoms with Gasteiger partial charge in [0.2, 0.25) is 0 Å². The summed E-state index contributed by atoms with van der Waals surface area (Å²) in [5, 5.41) is 3.47. The first kappa shape index (κ1) is 12.3. The van der Waals surface area contributed by atoms with E-state index in [0.29, 0.717) is 11.5 Å². The molecule has 0 aromatic carbocycles. The van der Waals surface area contributed by atoms with E-state index in [1.165, 1.54) is 12.8 Å². The second-order valence-electron chi connectivity index (χ2n) is 4.87. The monoisotopic (exact) mass is 219 g/mol. The summed E-state index contributed by atoms with van der Waals surface area (Å²) in [6.07, 6.45) is 3.94. The lowest BCUT2D eigenvalue weighted by Gasteiger charge is -2.24. The lowest BCUT2D eigenvalue weighted by molar-refractivity contribution is 0.107. The van der Waals surface area contributed by atoms with Gasteiger partial charge in [-0.15, -0.1) is 11.6 Å². The maximum atomic E-state index is 5.74. The van der Waals surface area contributed by atoms with E-state index in [-0.39, 0.29) is 0 Å². The van der Waals surface area contributed by atoms with Crippen molar-refractivity contribution in [3.8, 4) is 0 Å². The van der Waals surface area contributed by atoms with Crippen molar-refractivity contribution in [3.63, 3.8) is 0 Å². The molecule has 0 spiro atoms. The van der Waals surface area contributed by atoms with E-state index in [0.717, 1.165) is 32.0 Å². The Hall–Kier alpha value is 0.210. The summed E-state index contributed by atoms with van der Waals surface area (Å²) in [7, 11) is 0. The van der Waals surface area contributed by atoms with Crippen LogP contribution in [0.3, 0.4) is 0 Å². The zero-order chi connectivity index (χ0) is 10.4. The number of hydrogen-bond donors (Lipinski definition) is 1. The summed E-state index contributed by atoms with van der Waals surface area (Å²) in [6, 6.07) is 0. The van der Waals surface area contributed by atoms with Crippen molar-refractivity contribution in [3.05, 3.63) is 0 Å². The minimum atomic E-state index is 0.306. The highest BCUT2D eigenvalue weighted by molar-refractivity contribution is 6.17. The van der Waals surface area contributed by atoms with Crippen molar-refractivity contribution in [2.45, 2.75) is 39.2 Å². The van der Waals surface area contributed by atoms with Gasteiger partial charge in [0, 0.05) is 25.6 Å². The van der Waals surface area contributed by atoms with Crippen molar-refractivity contribution >= 4 is 11.6 Å². The van der Waals surface area contributed by atoms with E-state index < -0.39 is 0 Å². The molecule has 1 aliphatic heterocycles. The van der Waals surface area contributed by atoms with Gasteiger partial charge >= 0.3 is 0 Å². The Morgan fingerprint density at radius 1 is 1.50 bits per heavy atom. The van der Waals surface area contributed by atoms with Crippen molar-refractivity contribution in [1.29, 1.82) is 0 Å². The predicted octanol–water partition coefficient (Wildman–Crippen LogP) is 2.41. The number of alkyl halides is 1. The van der Waals surface area contributed by atoms with E-state index in [1.54, 1.807) is 0 Å². The fourth-order valence-corrected chi connectivity index (χ4v) is 2.23. The normalized spacial score (nSPS) is 22.9. The number of halogens is 1. The van der Waals surface area contributed by atoms with E-state index in [1.807, 2.05) is 0 Å². The lowest BCUT2D eigenvalue weighted by atomic mass is 9.90. The number of rotatable bonds is 6. The average molecular weight is 220 g/mol. The van der Waals surface area contributed by atoms with Crippen LogP contribution in [0.15, 0.2) is 0 Å². The van der Waals surface area contributed by atoms with Crippen LogP contribution < -0.4 is 5.32 Å². The highest BCUT2D eigenvalue weighted by Crippen LogP contribution is 2.19. The Morgan fingerprint density at radius 3 is 2.86 bits per heavy atom. The van der Waals surface area contributed by atoms with E-state index >= 15 is 0 Å². The zero-order valence-electron chi connectivity index (χ0n) is 9.31. The van der Waals surface area contributed by atoms with Crippen molar-refractivity contribution in [2.24, 2.45) is 5.41 Å².